The van der Waals surface area contributed by atoms with E-state index in [-0.39, 0.29) is 24.2 Å². The molecule has 0 radical (unpaired) electrons. The molecule has 0 aromatic rings. The lowest BCUT2D eigenvalue weighted by atomic mass is 9.80. The summed E-state index contributed by atoms with van der Waals surface area (Å²) < 4.78 is 31.4. The van der Waals surface area contributed by atoms with E-state index in [1.165, 1.54) is 0 Å². The second kappa shape index (κ2) is 4.63. The first kappa shape index (κ1) is 14.2. The molecule has 2 aliphatic heterocycles. The van der Waals surface area contributed by atoms with Crippen LogP contribution in [0.1, 0.15) is 12.8 Å². The van der Waals surface area contributed by atoms with E-state index in [1.807, 2.05) is 14.1 Å². The fraction of sp³-hybridized carbons (Fsp3) is 0.929. The van der Waals surface area contributed by atoms with Gasteiger partial charge in [-0.3, -0.25) is 4.79 Å². The number of halogens is 2. The van der Waals surface area contributed by atoms with Gasteiger partial charge in [0.25, 0.3) is 0 Å². The predicted octanol–water partition coefficient (Wildman–Crippen LogP) is 1.07. The molecule has 1 aliphatic carbocycles. The standard InChI is InChI=1S/C14H22F2N2O2/c1-17(2)7-13-8-18(5-11(13)6-20-9-13)12(19)10-3-14(15,16)4-10/h10-11H,3-9H2,1-2H3/t11-,13-/m1/s1. The van der Waals surface area contributed by atoms with Crippen LogP contribution in [0, 0.1) is 17.3 Å². The van der Waals surface area contributed by atoms with Gasteiger partial charge in [0.2, 0.25) is 11.8 Å². The summed E-state index contributed by atoms with van der Waals surface area (Å²) in [6.45, 7) is 3.53. The number of ether oxygens (including phenoxy) is 1. The number of nitrogens with zero attached hydrogens (tertiary/aromatic N) is 2. The Balaban J connectivity index is 1.65. The number of hydrogen-bond acceptors (Lipinski definition) is 3. The highest BCUT2D eigenvalue weighted by Crippen LogP contribution is 2.46. The minimum Gasteiger partial charge on any atom is -0.380 e. The van der Waals surface area contributed by atoms with Crippen LogP contribution >= 0.6 is 0 Å². The first-order valence-electron chi connectivity index (χ1n) is 7.20. The van der Waals surface area contributed by atoms with Crippen molar-refractivity contribution in [3.8, 4) is 0 Å². The summed E-state index contributed by atoms with van der Waals surface area (Å²) in [5.74, 6) is -2.83. The van der Waals surface area contributed by atoms with Gasteiger partial charge in [-0.05, 0) is 14.1 Å². The van der Waals surface area contributed by atoms with Gasteiger partial charge in [-0.25, -0.2) is 8.78 Å². The SMILES string of the molecule is CN(C)C[C@@]12COC[C@H]1CN(C(=O)C1CC(F)(F)C1)C2. The van der Waals surface area contributed by atoms with E-state index < -0.39 is 11.8 Å². The van der Waals surface area contributed by atoms with Crippen LogP contribution in [0.15, 0.2) is 0 Å². The summed E-state index contributed by atoms with van der Waals surface area (Å²) in [5.41, 5.74) is -0.00851. The summed E-state index contributed by atoms with van der Waals surface area (Å²) in [4.78, 5) is 16.2. The van der Waals surface area contributed by atoms with Crippen LogP contribution in [0.4, 0.5) is 8.78 Å². The van der Waals surface area contributed by atoms with E-state index in [2.05, 4.69) is 4.90 Å². The fourth-order valence-electron chi connectivity index (χ4n) is 3.95. The summed E-state index contributed by atoms with van der Waals surface area (Å²) in [6, 6.07) is 0. The van der Waals surface area contributed by atoms with Crippen LogP contribution in [0.5, 0.6) is 0 Å². The van der Waals surface area contributed by atoms with Crippen molar-refractivity contribution in [2.24, 2.45) is 17.3 Å². The number of carbonyl (C=O) groups is 1. The molecule has 4 nitrogen and oxygen atoms in total. The molecule has 0 N–H and O–H groups in total. The van der Waals surface area contributed by atoms with Crippen LogP contribution < -0.4 is 0 Å². The number of alkyl halides is 2. The van der Waals surface area contributed by atoms with Gasteiger partial charge in [-0.2, -0.15) is 0 Å². The molecular weight excluding hydrogens is 266 g/mol. The highest BCUT2D eigenvalue weighted by molar-refractivity contribution is 5.80. The molecule has 2 saturated heterocycles. The number of hydrogen-bond donors (Lipinski definition) is 0. The van der Waals surface area contributed by atoms with Gasteiger partial charge in [0.1, 0.15) is 0 Å². The van der Waals surface area contributed by atoms with E-state index in [0.29, 0.717) is 32.2 Å². The predicted molar refractivity (Wildman–Crippen MR) is 69.5 cm³/mol. The van der Waals surface area contributed by atoms with Crippen molar-refractivity contribution in [1.82, 2.24) is 9.80 Å². The number of rotatable bonds is 3. The van der Waals surface area contributed by atoms with Gasteiger partial charge < -0.3 is 14.5 Å². The quantitative estimate of drug-likeness (QED) is 0.779. The molecule has 1 saturated carbocycles. The molecule has 0 aromatic carbocycles. The average molecular weight is 288 g/mol. The van der Waals surface area contributed by atoms with Crippen molar-refractivity contribution < 1.29 is 18.3 Å². The third-order valence-corrected chi connectivity index (χ3v) is 4.90. The maximum Gasteiger partial charge on any atom is 0.249 e. The van der Waals surface area contributed by atoms with Crippen LogP contribution in [0.25, 0.3) is 0 Å². The Bertz CT molecular complexity index is 408. The molecule has 3 fully saturated rings. The Hall–Kier alpha value is -0.750. The van der Waals surface area contributed by atoms with Gasteiger partial charge in [-0.15, -0.1) is 0 Å². The van der Waals surface area contributed by atoms with E-state index in [9.17, 15) is 13.6 Å². The molecule has 2 heterocycles. The maximum absolute atomic E-state index is 12.9. The molecule has 1 amide bonds. The Kier molecular flexibility index (Phi) is 3.29. The third kappa shape index (κ3) is 2.33. The molecular formula is C14H22F2N2O2. The highest BCUT2D eigenvalue weighted by atomic mass is 19.3. The summed E-state index contributed by atoms with van der Waals surface area (Å²) >= 11 is 0. The van der Waals surface area contributed by atoms with Gasteiger partial charge in [-0.1, -0.05) is 0 Å². The van der Waals surface area contributed by atoms with Crippen LogP contribution in [0.3, 0.4) is 0 Å². The normalized spacial score (nSPS) is 36.2. The molecule has 6 heteroatoms. The average Bonchev–Trinajstić information content (AvgIpc) is 2.79. The first-order valence-corrected chi connectivity index (χ1v) is 7.20. The van der Waals surface area contributed by atoms with Crippen molar-refractivity contribution in [2.75, 3.05) is 46.9 Å². The lowest BCUT2D eigenvalue weighted by Crippen LogP contribution is -2.47. The van der Waals surface area contributed by atoms with Crippen molar-refractivity contribution in [3.05, 3.63) is 0 Å². The first-order chi connectivity index (χ1) is 9.31. The van der Waals surface area contributed by atoms with Crippen molar-refractivity contribution in [3.63, 3.8) is 0 Å². The van der Waals surface area contributed by atoms with Crippen molar-refractivity contribution in [1.29, 1.82) is 0 Å². The molecule has 114 valence electrons. The van der Waals surface area contributed by atoms with E-state index in [4.69, 9.17) is 4.74 Å². The minimum absolute atomic E-state index is 0.00851. The largest absolute Gasteiger partial charge is 0.380 e. The highest BCUT2D eigenvalue weighted by Gasteiger charge is 2.55. The van der Waals surface area contributed by atoms with Gasteiger partial charge >= 0.3 is 0 Å². The number of fused-ring (bicyclic) bond motifs is 1. The van der Waals surface area contributed by atoms with E-state index in [1.54, 1.807) is 4.90 Å². The second-order valence-electron chi connectivity index (χ2n) is 6.99. The number of likely N-dealkylation sites (tertiary alicyclic amines) is 1. The fourth-order valence-corrected chi connectivity index (χ4v) is 3.95. The molecule has 0 spiro atoms. The Labute approximate surface area is 118 Å². The lowest BCUT2D eigenvalue weighted by Gasteiger charge is -2.37. The maximum atomic E-state index is 12.9. The Morgan fingerprint density at radius 3 is 2.70 bits per heavy atom. The van der Waals surface area contributed by atoms with Gasteiger partial charge in [0.05, 0.1) is 13.2 Å². The Morgan fingerprint density at radius 2 is 2.10 bits per heavy atom. The lowest BCUT2D eigenvalue weighted by molar-refractivity contribution is -0.159. The smallest absolute Gasteiger partial charge is 0.249 e. The number of amides is 1. The van der Waals surface area contributed by atoms with E-state index >= 15 is 0 Å². The summed E-state index contributed by atoms with van der Waals surface area (Å²) in [5, 5.41) is 0. The topological polar surface area (TPSA) is 32.8 Å². The molecule has 0 aromatic heterocycles. The van der Waals surface area contributed by atoms with Crippen molar-refractivity contribution >= 4 is 5.91 Å². The molecule has 0 bridgehead atoms. The Morgan fingerprint density at radius 1 is 1.40 bits per heavy atom. The number of carbonyl (C=O) groups excluding carboxylic acids is 1. The van der Waals surface area contributed by atoms with Crippen LogP contribution in [-0.4, -0.2) is 68.6 Å². The summed E-state index contributed by atoms with van der Waals surface area (Å²) in [7, 11) is 4.03. The molecule has 0 unspecified atom stereocenters. The third-order valence-electron chi connectivity index (χ3n) is 4.90. The van der Waals surface area contributed by atoms with Crippen LogP contribution in [-0.2, 0) is 9.53 Å². The zero-order valence-electron chi connectivity index (χ0n) is 12.1. The molecule has 3 rings (SSSR count). The second-order valence-corrected chi connectivity index (χ2v) is 6.99. The van der Waals surface area contributed by atoms with Crippen molar-refractivity contribution in [2.45, 2.75) is 18.8 Å². The van der Waals surface area contributed by atoms with E-state index in [0.717, 1.165) is 6.54 Å². The van der Waals surface area contributed by atoms with Gasteiger partial charge in [0, 0.05) is 49.7 Å². The molecule has 20 heavy (non-hydrogen) atoms. The molecule has 2 atom stereocenters. The van der Waals surface area contributed by atoms with Crippen LogP contribution in [0.2, 0.25) is 0 Å². The molecule has 3 aliphatic rings. The minimum atomic E-state index is -2.62. The zero-order valence-corrected chi connectivity index (χ0v) is 12.1. The summed E-state index contributed by atoms with van der Waals surface area (Å²) in [6.07, 6.45) is -0.547. The zero-order chi connectivity index (χ0) is 14.5. The monoisotopic (exact) mass is 288 g/mol. The van der Waals surface area contributed by atoms with Gasteiger partial charge in [0.15, 0.2) is 0 Å².